The van der Waals surface area contributed by atoms with Crippen LogP contribution < -0.4 is 0 Å². The second kappa shape index (κ2) is 6.57. The van der Waals surface area contributed by atoms with Gasteiger partial charge in [0.2, 0.25) is 0 Å². The molecule has 1 aliphatic heterocycles. The van der Waals surface area contributed by atoms with Crippen LogP contribution in [0.15, 0.2) is 0 Å². The highest BCUT2D eigenvalue weighted by atomic mass is 28.4. The van der Waals surface area contributed by atoms with Crippen molar-refractivity contribution in [1.82, 2.24) is 0 Å². The average molecular weight is 236 g/mol. The van der Waals surface area contributed by atoms with E-state index in [0.29, 0.717) is 6.61 Å². The molecule has 15 heavy (non-hydrogen) atoms. The maximum absolute atomic E-state index is 5.54. The lowest BCUT2D eigenvalue weighted by molar-refractivity contribution is -0.129. The molecular formula is C9H20O5Si. The van der Waals surface area contributed by atoms with E-state index in [1.807, 2.05) is 0 Å². The highest BCUT2D eigenvalue weighted by Crippen LogP contribution is 2.15. The van der Waals surface area contributed by atoms with Crippen molar-refractivity contribution < 1.29 is 22.8 Å². The van der Waals surface area contributed by atoms with E-state index in [-0.39, 0.29) is 6.10 Å². The molecule has 6 heteroatoms. The van der Waals surface area contributed by atoms with Gasteiger partial charge in [0.05, 0.1) is 13.2 Å². The molecule has 0 aromatic rings. The van der Waals surface area contributed by atoms with Crippen LogP contribution in [-0.2, 0) is 22.8 Å². The van der Waals surface area contributed by atoms with E-state index in [9.17, 15) is 0 Å². The molecule has 1 heterocycles. The average Bonchev–Trinajstić information content (AvgIpc) is 2.22. The van der Waals surface area contributed by atoms with Gasteiger partial charge in [0.1, 0.15) is 6.10 Å². The van der Waals surface area contributed by atoms with Crippen LogP contribution in [0.5, 0.6) is 0 Å². The molecule has 1 fully saturated rings. The van der Waals surface area contributed by atoms with Crippen LogP contribution in [0.25, 0.3) is 0 Å². The largest absolute Gasteiger partial charge is 0.500 e. The van der Waals surface area contributed by atoms with Crippen LogP contribution in [-0.4, -0.2) is 56.1 Å². The highest BCUT2D eigenvalue weighted by Gasteiger charge is 2.37. The molecule has 1 saturated heterocycles. The van der Waals surface area contributed by atoms with Crippen molar-refractivity contribution >= 4 is 8.80 Å². The quantitative estimate of drug-likeness (QED) is 0.458. The van der Waals surface area contributed by atoms with E-state index in [4.69, 9.17) is 22.8 Å². The predicted octanol–water partition coefficient (Wildman–Crippen LogP) is 0.670. The number of hydrogen-bond donors (Lipinski definition) is 0. The fourth-order valence-corrected chi connectivity index (χ4v) is 3.09. The molecule has 0 saturated carbocycles. The van der Waals surface area contributed by atoms with E-state index in [1.165, 1.54) is 0 Å². The summed E-state index contributed by atoms with van der Waals surface area (Å²) in [5.41, 5.74) is 0. The van der Waals surface area contributed by atoms with Crippen molar-refractivity contribution in [2.24, 2.45) is 0 Å². The van der Waals surface area contributed by atoms with Gasteiger partial charge in [0, 0.05) is 34.0 Å². The van der Waals surface area contributed by atoms with Gasteiger partial charge in [-0.05, 0) is 6.42 Å². The summed E-state index contributed by atoms with van der Waals surface area (Å²) in [5.74, 6) is 0. The molecule has 0 bridgehead atoms. The summed E-state index contributed by atoms with van der Waals surface area (Å²) in [4.78, 5) is 0. The number of rotatable bonds is 8. The second-order valence-electron chi connectivity index (χ2n) is 3.43. The Bertz CT molecular complexity index is 162. The van der Waals surface area contributed by atoms with Gasteiger partial charge in [-0.25, -0.2) is 0 Å². The van der Waals surface area contributed by atoms with E-state index in [2.05, 4.69) is 0 Å². The Morgan fingerprint density at radius 1 is 1.13 bits per heavy atom. The summed E-state index contributed by atoms with van der Waals surface area (Å²) in [5, 5.41) is 0. The minimum absolute atomic E-state index is 0.286. The SMILES string of the molecule is CO[Si](CCCOC1COC1)(OC)OC. The highest BCUT2D eigenvalue weighted by molar-refractivity contribution is 6.60. The summed E-state index contributed by atoms with van der Waals surface area (Å²) in [6.45, 7) is 2.15. The first-order chi connectivity index (χ1) is 7.26. The van der Waals surface area contributed by atoms with E-state index in [0.717, 1.165) is 25.7 Å². The number of ether oxygens (including phenoxy) is 2. The van der Waals surface area contributed by atoms with Crippen LogP contribution >= 0.6 is 0 Å². The van der Waals surface area contributed by atoms with E-state index >= 15 is 0 Å². The molecule has 0 atom stereocenters. The molecule has 90 valence electrons. The number of hydrogen-bond acceptors (Lipinski definition) is 5. The van der Waals surface area contributed by atoms with Crippen molar-refractivity contribution in [3.8, 4) is 0 Å². The Hall–Kier alpha value is 0.0169. The first-order valence-electron chi connectivity index (χ1n) is 5.11. The zero-order valence-electron chi connectivity index (χ0n) is 9.65. The first kappa shape index (κ1) is 13.1. The Balaban J connectivity index is 2.09. The molecule has 1 aliphatic rings. The van der Waals surface area contributed by atoms with Gasteiger partial charge in [-0.15, -0.1) is 0 Å². The molecule has 0 aromatic heterocycles. The zero-order valence-corrected chi connectivity index (χ0v) is 10.7. The standard InChI is InChI=1S/C9H20O5Si/c1-10-15(11-2,12-3)6-4-5-14-9-7-13-8-9/h9H,4-8H2,1-3H3. The molecule has 0 aliphatic carbocycles. The molecule has 0 N–H and O–H groups in total. The minimum Gasteiger partial charge on any atom is -0.377 e. The molecule has 0 amide bonds. The Labute approximate surface area is 92.0 Å². The lowest BCUT2D eigenvalue weighted by Crippen LogP contribution is -2.43. The first-order valence-corrected chi connectivity index (χ1v) is 7.04. The summed E-state index contributed by atoms with van der Waals surface area (Å²) in [7, 11) is 2.48. The fraction of sp³-hybridized carbons (Fsp3) is 1.00. The van der Waals surface area contributed by atoms with Crippen LogP contribution in [0.4, 0.5) is 0 Å². The molecule has 0 spiro atoms. The van der Waals surface area contributed by atoms with Crippen molar-refractivity contribution in [1.29, 1.82) is 0 Å². The lowest BCUT2D eigenvalue weighted by atomic mass is 10.3. The van der Waals surface area contributed by atoms with Crippen molar-refractivity contribution in [3.05, 3.63) is 0 Å². The lowest BCUT2D eigenvalue weighted by Gasteiger charge is -2.27. The van der Waals surface area contributed by atoms with Crippen LogP contribution in [0.3, 0.4) is 0 Å². The van der Waals surface area contributed by atoms with Crippen LogP contribution in [0, 0.1) is 0 Å². The second-order valence-corrected chi connectivity index (χ2v) is 6.52. The maximum Gasteiger partial charge on any atom is 0.500 e. The van der Waals surface area contributed by atoms with Gasteiger partial charge in [-0.3, -0.25) is 0 Å². The van der Waals surface area contributed by atoms with Gasteiger partial charge in [-0.1, -0.05) is 0 Å². The van der Waals surface area contributed by atoms with Gasteiger partial charge in [-0.2, -0.15) is 0 Å². The van der Waals surface area contributed by atoms with Gasteiger partial charge < -0.3 is 22.8 Å². The Morgan fingerprint density at radius 2 is 1.73 bits per heavy atom. The van der Waals surface area contributed by atoms with Crippen molar-refractivity contribution in [2.75, 3.05) is 41.2 Å². The smallest absolute Gasteiger partial charge is 0.377 e. The predicted molar refractivity (Wildman–Crippen MR) is 56.8 cm³/mol. The third-order valence-electron chi connectivity index (χ3n) is 2.52. The maximum atomic E-state index is 5.54. The van der Waals surface area contributed by atoms with Gasteiger partial charge >= 0.3 is 8.80 Å². The molecule has 5 nitrogen and oxygen atoms in total. The molecule has 0 unspecified atom stereocenters. The van der Waals surface area contributed by atoms with Crippen LogP contribution in [0.1, 0.15) is 6.42 Å². The van der Waals surface area contributed by atoms with E-state index in [1.54, 1.807) is 21.3 Å². The normalized spacial score (nSPS) is 17.8. The van der Waals surface area contributed by atoms with E-state index < -0.39 is 8.80 Å². The molecule has 0 radical (unpaired) electrons. The summed E-state index contributed by atoms with van der Waals surface area (Å²) in [6, 6.07) is 0.782. The molecular weight excluding hydrogens is 216 g/mol. The third kappa shape index (κ3) is 3.82. The summed E-state index contributed by atoms with van der Waals surface area (Å²) < 4.78 is 26.4. The Morgan fingerprint density at radius 3 is 2.13 bits per heavy atom. The minimum atomic E-state index is -2.39. The zero-order chi connectivity index (χ0) is 11.1. The summed E-state index contributed by atoms with van der Waals surface area (Å²) in [6.07, 6.45) is 1.17. The fourth-order valence-electron chi connectivity index (χ4n) is 1.41. The Kier molecular flexibility index (Phi) is 5.73. The molecule has 0 aromatic carbocycles. The monoisotopic (exact) mass is 236 g/mol. The topological polar surface area (TPSA) is 46.2 Å². The van der Waals surface area contributed by atoms with Gasteiger partial charge in [0.15, 0.2) is 0 Å². The van der Waals surface area contributed by atoms with Crippen molar-refractivity contribution in [3.63, 3.8) is 0 Å². The molecule has 1 rings (SSSR count). The summed E-state index contributed by atoms with van der Waals surface area (Å²) >= 11 is 0. The van der Waals surface area contributed by atoms with Crippen molar-refractivity contribution in [2.45, 2.75) is 18.6 Å². The van der Waals surface area contributed by atoms with Gasteiger partial charge in [0.25, 0.3) is 0 Å². The van der Waals surface area contributed by atoms with Crippen LogP contribution in [0.2, 0.25) is 6.04 Å². The third-order valence-corrected chi connectivity index (χ3v) is 5.35.